The number of aromatic nitrogens is 1. The quantitative estimate of drug-likeness (QED) is 0.654. The fourth-order valence-corrected chi connectivity index (χ4v) is 2.91. The molecule has 4 nitrogen and oxygen atoms in total. The second kappa shape index (κ2) is 6.33. The van der Waals surface area contributed by atoms with Gasteiger partial charge in [0.15, 0.2) is 6.29 Å². The summed E-state index contributed by atoms with van der Waals surface area (Å²) < 4.78 is 45.1. The van der Waals surface area contributed by atoms with Crippen molar-refractivity contribution in [3.05, 3.63) is 59.0 Å². The Kier molecular flexibility index (Phi) is 4.31. The standard InChI is InChI=1S/C19H14F3NO3/c1-10-17(11(2)26-23-10)18-13(9-24)7-14(19(20,21)22)8-16(18)12-3-5-15(25)6-4-12/h3-9,25H,1-2H3. The summed E-state index contributed by atoms with van der Waals surface area (Å²) in [6.45, 7) is 3.28. The van der Waals surface area contributed by atoms with E-state index in [0.29, 0.717) is 34.4 Å². The van der Waals surface area contributed by atoms with E-state index in [1.165, 1.54) is 24.3 Å². The lowest BCUT2D eigenvalue weighted by atomic mass is 9.88. The molecule has 0 atom stereocenters. The Morgan fingerprint density at radius 1 is 1.08 bits per heavy atom. The van der Waals surface area contributed by atoms with Crippen LogP contribution >= 0.6 is 0 Å². The Morgan fingerprint density at radius 2 is 1.73 bits per heavy atom. The van der Waals surface area contributed by atoms with E-state index < -0.39 is 11.7 Å². The van der Waals surface area contributed by atoms with Crippen molar-refractivity contribution >= 4 is 6.29 Å². The van der Waals surface area contributed by atoms with Crippen molar-refractivity contribution in [3.8, 4) is 28.0 Å². The molecule has 0 unspecified atom stereocenters. The summed E-state index contributed by atoms with van der Waals surface area (Å²) >= 11 is 0. The number of hydrogen-bond donors (Lipinski definition) is 1. The van der Waals surface area contributed by atoms with Gasteiger partial charge < -0.3 is 9.63 Å². The first-order chi connectivity index (χ1) is 12.2. The molecule has 134 valence electrons. The Morgan fingerprint density at radius 3 is 2.23 bits per heavy atom. The number of nitrogens with zero attached hydrogens (tertiary/aromatic N) is 1. The Hall–Kier alpha value is -3.09. The van der Waals surface area contributed by atoms with E-state index in [1.54, 1.807) is 13.8 Å². The molecule has 0 saturated heterocycles. The van der Waals surface area contributed by atoms with Gasteiger partial charge in [-0.15, -0.1) is 0 Å². The number of carbonyl (C=O) groups excluding carboxylic acids is 1. The van der Waals surface area contributed by atoms with Gasteiger partial charge in [0, 0.05) is 16.7 Å². The number of aryl methyl sites for hydroxylation is 2. The molecule has 0 aliphatic heterocycles. The summed E-state index contributed by atoms with van der Waals surface area (Å²) in [7, 11) is 0. The van der Waals surface area contributed by atoms with Crippen molar-refractivity contribution in [1.29, 1.82) is 0 Å². The molecule has 0 bridgehead atoms. The normalized spacial score (nSPS) is 11.6. The average molecular weight is 361 g/mol. The van der Waals surface area contributed by atoms with E-state index in [9.17, 15) is 23.1 Å². The SMILES string of the molecule is Cc1noc(C)c1-c1c(C=O)cc(C(F)(F)F)cc1-c1ccc(O)cc1. The van der Waals surface area contributed by atoms with Gasteiger partial charge in [-0.1, -0.05) is 17.3 Å². The molecule has 3 rings (SSSR count). The molecule has 0 radical (unpaired) electrons. The number of halogens is 3. The zero-order valence-electron chi connectivity index (χ0n) is 13.9. The van der Waals surface area contributed by atoms with Gasteiger partial charge in [0.1, 0.15) is 11.5 Å². The third kappa shape index (κ3) is 3.08. The number of carbonyl (C=O) groups is 1. The second-order valence-corrected chi connectivity index (χ2v) is 5.85. The lowest BCUT2D eigenvalue weighted by Crippen LogP contribution is -2.07. The zero-order chi connectivity index (χ0) is 19.1. The summed E-state index contributed by atoms with van der Waals surface area (Å²) in [5, 5.41) is 13.3. The molecule has 26 heavy (non-hydrogen) atoms. The van der Waals surface area contributed by atoms with Gasteiger partial charge in [-0.05, 0) is 49.2 Å². The lowest BCUT2D eigenvalue weighted by Gasteiger charge is -2.16. The first-order valence-corrected chi connectivity index (χ1v) is 7.65. The zero-order valence-corrected chi connectivity index (χ0v) is 13.9. The van der Waals surface area contributed by atoms with Crippen LogP contribution < -0.4 is 0 Å². The molecule has 2 aromatic carbocycles. The minimum atomic E-state index is -4.61. The van der Waals surface area contributed by atoms with Gasteiger partial charge in [-0.25, -0.2) is 0 Å². The number of aromatic hydroxyl groups is 1. The van der Waals surface area contributed by atoms with Crippen molar-refractivity contribution in [2.24, 2.45) is 0 Å². The summed E-state index contributed by atoms with van der Waals surface area (Å²) in [6.07, 6.45) is -4.22. The van der Waals surface area contributed by atoms with Crippen LogP contribution in [0.15, 0.2) is 40.9 Å². The Labute approximate surface area is 146 Å². The molecule has 1 aromatic heterocycles. The maximum absolute atomic E-state index is 13.3. The van der Waals surface area contributed by atoms with Gasteiger partial charge >= 0.3 is 6.18 Å². The van der Waals surface area contributed by atoms with E-state index in [4.69, 9.17) is 4.52 Å². The van der Waals surface area contributed by atoms with E-state index in [0.717, 1.165) is 12.1 Å². The van der Waals surface area contributed by atoms with Crippen LogP contribution in [-0.2, 0) is 6.18 Å². The molecule has 7 heteroatoms. The number of aldehydes is 1. The van der Waals surface area contributed by atoms with Crippen molar-refractivity contribution in [3.63, 3.8) is 0 Å². The number of benzene rings is 2. The topological polar surface area (TPSA) is 63.3 Å². The minimum Gasteiger partial charge on any atom is -0.508 e. The lowest BCUT2D eigenvalue weighted by molar-refractivity contribution is -0.137. The smallest absolute Gasteiger partial charge is 0.416 e. The van der Waals surface area contributed by atoms with Crippen LogP contribution in [0.4, 0.5) is 13.2 Å². The van der Waals surface area contributed by atoms with Crippen LogP contribution in [0.5, 0.6) is 5.75 Å². The van der Waals surface area contributed by atoms with E-state index in [-0.39, 0.29) is 16.9 Å². The summed E-state index contributed by atoms with van der Waals surface area (Å²) in [5.41, 5.74) is 0.836. The molecule has 1 heterocycles. The third-order valence-corrected chi connectivity index (χ3v) is 4.08. The highest BCUT2D eigenvalue weighted by Crippen LogP contribution is 2.42. The molecule has 0 aliphatic carbocycles. The molecular weight excluding hydrogens is 347 g/mol. The molecule has 0 spiro atoms. The summed E-state index contributed by atoms with van der Waals surface area (Å²) in [4.78, 5) is 11.6. The Balaban J connectivity index is 2.41. The van der Waals surface area contributed by atoms with Crippen LogP contribution in [0.3, 0.4) is 0 Å². The number of hydrogen-bond acceptors (Lipinski definition) is 4. The first-order valence-electron chi connectivity index (χ1n) is 7.65. The van der Waals surface area contributed by atoms with Gasteiger partial charge in [0.05, 0.1) is 11.3 Å². The predicted molar refractivity (Wildman–Crippen MR) is 88.9 cm³/mol. The molecule has 0 amide bonds. The fourth-order valence-electron chi connectivity index (χ4n) is 2.91. The Bertz CT molecular complexity index is 953. The number of alkyl halides is 3. The average Bonchev–Trinajstić information content (AvgIpc) is 2.92. The van der Waals surface area contributed by atoms with Crippen molar-refractivity contribution in [2.75, 3.05) is 0 Å². The van der Waals surface area contributed by atoms with Crippen molar-refractivity contribution in [2.45, 2.75) is 20.0 Å². The highest BCUT2D eigenvalue weighted by Gasteiger charge is 2.33. The van der Waals surface area contributed by atoms with Crippen LogP contribution in [0, 0.1) is 13.8 Å². The monoisotopic (exact) mass is 361 g/mol. The molecule has 0 saturated carbocycles. The molecule has 0 aliphatic rings. The highest BCUT2D eigenvalue weighted by molar-refractivity contribution is 5.97. The highest BCUT2D eigenvalue weighted by atomic mass is 19.4. The van der Waals surface area contributed by atoms with Crippen LogP contribution in [0.2, 0.25) is 0 Å². The molecular formula is C19H14F3NO3. The van der Waals surface area contributed by atoms with E-state index >= 15 is 0 Å². The van der Waals surface area contributed by atoms with Crippen LogP contribution in [0.1, 0.15) is 27.4 Å². The van der Waals surface area contributed by atoms with Crippen LogP contribution in [-0.4, -0.2) is 16.5 Å². The third-order valence-electron chi connectivity index (χ3n) is 4.08. The number of rotatable bonds is 3. The molecule has 0 fully saturated rings. The maximum Gasteiger partial charge on any atom is 0.416 e. The number of phenols is 1. The van der Waals surface area contributed by atoms with E-state index in [2.05, 4.69) is 5.16 Å². The summed E-state index contributed by atoms with van der Waals surface area (Å²) in [6, 6.07) is 7.52. The van der Waals surface area contributed by atoms with Crippen molar-refractivity contribution in [1.82, 2.24) is 5.16 Å². The van der Waals surface area contributed by atoms with Crippen molar-refractivity contribution < 1.29 is 27.6 Å². The minimum absolute atomic E-state index is 0.0183. The fraction of sp³-hybridized carbons (Fsp3) is 0.158. The van der Waals surface area contributed by atoms with Gasteiger partial charge in [-0.3, -0.25) is 4.79 Å². The predicted octanol–water partition coefficient (Wildman–Crippen LogP) is 5.16. The number of phenolic OH excluding ortho intramolecular Hbond substituents is 1. The van der Waals surface area contributed by atoms with Gasteiger partial charge in [0.2, 0.25) is 0 Å². The van der Waals surface area contributed by atoms with Crippen LogP contribution in [0.25, 0.3) is 22.3 Å². The largest absolute Gasteiger partial charge is 0.508 e. The maximum atomic E-state index is 13.3. The molecule has 3 aromatic rings. The molecule has 1 N–H and O–H groups in total. The van der Waals surface area contributed by atoms with E-state index in [1.807, 2.05) is 0 Å². The van der Waals surface area contributed by atoms with Gasteiger partial charge in [0.25, 0.3) is 0 Å². The van der Waals surface area contributed by atoms with Gasteiger partial charge in [-0.2, -0.15) is 13.2 Å². The summed E-state index contributed by atoms with van der Waals surface area (Å²) in [5.74, 6) is 0.376. The second-order valence-electron chi connectivity index (χ2n) is 5.85. The first kappa shape index (κ1) is 17.7.